The van der Waals surface area contributed by atoms with Crippen LogP contribution in [0, 0.1) is 42.4 Å². The van der Waals surface area contributed by atoms with E-state index in [1.807, 2.05) is 48.5 Å². The van der Waals surface area contributed by atoms with Crippen LogP contribution in [0.15, 0.2) is 237 Å². The second-order valence-corrected chi connectivity index (χ2v) is 17.3. The van der Waals surface area contributed by atoms with Gasteiger partial charge in [-0.15, -0.1) is 0 Å². The summed E-state index contributed by atoms with van der Waals surface area (Å²) in [5.41, 5.74) is 20.8. The Morgan fingerprint density at radius 2 is 0.380 bits per heavy atom. The third-order valence-corrected chi connectivity index (χ3v) is 12.5. The van der Waals surface area contributed by atoms with Gasteiger partial charge in [-0.3, -0.25) is 0 Å². The first kappa shape index (κ1) is 45.3. The predicted octanol–water partition coefficient (Wildman–Crippen LogP) is 16.2. The van der Waals surface area contributed by atoms with Crippen LogP contribution in [0.2, 0.25) is 0 Å². The van der Waals surface area contributed by atoms with Crippen molar-refractivity contribution in [2.24, 2.45) is 0 Å². The quantitative estimate of drug-likeness (QED) is 0.141. The average molecular weight is 909 g/mol. The molecule has 71 heavy (non-hydrogen) atoms. The highest BCUT2D eigenvalue weighted by Crippen LogP contribution is 2.36. The van der Waals surface area contributed by atoms with E-state index >= 15 is 0 Å². The lowest BCUT2D eigenvalue weighted by Gasteiger charge is -2.13. The van der Waals surface area contributed by atoms with Gasteiger partial charge in [-0.1, -0.05) is 162 Å². The molecule has 10 aromatic rings. The number of benzene rings is 10. The highest BCUT2D eigenvalue weighted by molar-refractivity contribution is 5.83. The van der Waals surface area contributed by atoms with Crippen LogP contribution in [0.5, 0.6) is 11.5 Å². The molecule has 0 atom stereocenters. The fraction of sp³-hybridized carbons (Fsp3) is 0.0435. The highest BCUT2D eigenvalue weighted by Gasteiger charge is 2.10. The van der Waals surface area contributed by atoms with E-state index in [-0.39, 0.29) is 0 Å². The van der Waals surface area contributed by atoms with E-state index in [2.05, 4.69) is 231 Å². The van der Waals surface area contributed by atoms with Gasteiger partial charge in [0.15, 0.2) is 0 Å². The molecule has 0 saturated heterocycles. The summed E-state index contributed by atoms with van der Waals surface area (Å²) in [5.74, 6) is 21.3. The molecule has 0 aliphatic carbocycles. The molecule has 0 N–H and O–H groups in total. The number of ether oxygens (including phenoxy) is 2. The van der Waals surface area contributed by atoms with Crippen molar-refractivity contribution in [3.63, 3.8) is 0 Å². The third-order valence-electron chi connectivity index (χ3n) is 12.5. The molecule has 336 valence electrons. The molecule has 0 radical (unpaired) electrons. The number of hydrogen-bond acceptors (Lipinski definition) is 2. The predicted molar refractivity (Wildman–Crippen MR) is 294 cm³/mol. The summed E-state index contributed by atoms with van der Waals surface area (Å²) in [7, 11) is 3.34. The molecular weight excluding hydrogens is 861 g/mol. The summed E-state index contributed by atoms with van der Waals surface area (Å²) in [6, 6.07) is 82.8. The Bertz CT molecular complexity index is 3450. The van der Waals surface area contributed by atoms with Crippen LogP contribution in [-0.2, 0) is 0 Å². The summed E-state index contributed by atoms with van der Waals surface area (Å²) >= 11 is 0. The second kappa shape index (κ2) is 21.2. The first-order valence-corrected chi connectivity index (χ1v) is 23.6. The summed E-state index contributed by atoms with van der Waals surface area (Å²) in [5, 5.41) is 0. The lowest BCUT2D eigenvalue weighted by atomic mass is 9.91. The van der Waals surface area contributed by atoms with Gasteiger partial charge in [-0.25, -0.2) is 0 Å². The van der Waals surface area contributed by atoms with Gasteiger partial charge < -0.3 is 9.47 Å². The zero-order chi connectivity index (χ0) is 48.4. The standard InChI is InChI=1S/C69H48O2/c1-49-4-6-50(7-5-49)8-9-51-14-24-56(25-15-51)59-30-36-62(37-31-59)65-46-66(63-38-32-60(33-39-63)57-26-16-52(17-27-57)10-12-54-20-42-68(70-2)43-21-54)48-67(47-65)64-40-34-61(35-41-64)58-28-18-53(19-29-58)11-13-55-22-44-69(71-3)45-23-55/h4-7,14-48H,1-3H3. The van der Waals surface area contributed by atoms with Gasteiger partial charge in [0.1, 0.15) is 11.5 Å². The third kappa shape index (κ3) is 11.3. The van der Waals surface area contributed by atoms with Crippen LogP contribution < -0.4 is 9.47 Å². The van der Waals surface area contributed by atoms with Crippen LogP contribution in [0.1, 0.15) is 38.9 Å². The zero-order valence-corrected chi connectivity index (χ0v) is 39.8. The highest BCUT2D eigenvalue weighted by atomic mass is 16.5. The number of rotatable bonds is 8. The molecule has 0 aromatic heterocycles. The van der Waals surface area contributed by atoms with E-state index in [0.717, 1.165) is 112 Å². The Morgan fingerprint density at radius 1 is 0.211 bits per heavy atom. The Kier molecular flexibility index (Phi) is 13.5. The van der Waals surface area contributed by atoms with E-state index < -0.39 is 0 Å². The van der Waals surface area contributed by atoms with Gasteiger partial charge in [0.25, 0.3) is 0 Å². The molecule has 0 fully saturated rings. The van der Waals surface area contributed by atoms with Crippen molar-refractivity contribution in [1.82, 2.24) is 0 Å². The monoisotopic (exact) mass is 908 g/mol. The van der Waals surface area contributed by atoms with Crippen LogP contribution in [0.3, 0.4) is 0 Å². The normalized spacial score (nSPS) is 10.4. The van der Waals surface area contributed by atoms with Crippen molar-refractivity contribution in [2.75, 3.05) is 14.2 Å². The molecule has 0 spiro atoms. The molecule has 0 amide bonds. The molecular formula is C69H48O2. The van der Waals surface area contributed by atoms with E-state index in [4.69, 9.17) is 9.47 Å². The van der Waals surface area contributed by atoms with Crippen molar-refractivity contribution in [3.05, 3.63) is 276 Å². The maximum absolute atomic E-state index is 5.28. The van der Waals surface area contributed by atoms with E-state index in [1.165, 1.54) is 5.56 Å². The van der Waals surface area contributed by atoms with Gasteiger partial charge in [0, 0.05) is 33.4 Å². The first-order chi connectivity index (χ1) is 34.9. The molecule has 2 heteroatoms. The molecule has 2 nitrogen and oxygen atoms in total. The average Bonchev–Trinajstić information content (AvgIpc) is 3.44. The smallest absolute Gasteiger partial charge is 0.118 e. The largest absolute Gasteiger partial charge is 0.497 e. The summed E-state index contributed by atoms with van der Waals surface area (Å²) < 4.78 is 10.6. The number of methoxy groups -OCH3 is 2. The number of hydrogen-bond donors (Lipinski definition) is 0. The van der Waals surface area contributed by atoms with E-state index in [1.54, 1.807) is 14.2 Å². The summed E-state index contributed by atoms with van der Waals surface area (Å²) in [6.45, 7) is 2.09. The van der Waals surface area contributed by atoms with Gasteiger partial charge in [-0.2, -0.15) is 0 Å². The maximum atomic E-state index is 5.28. The van der Waals surface area contributed by atoms with E-state index in [9.17, 15) is 0 Å². The Labute approximate surface area is 417 Å². The van der Waals surface area contributed by atoms with Crippen molar-refractivity contribution < 1.29 is 9.47 Å². The molecule has 10 aromatic carbocycles. The van der Waals surface area contributed by atoms with Crippen molar-refractivity contribution in [2.45, 2.75) is 6.92 Å². The van der Waals surface area contributed by atoms with Crippen molar-refractivity contribution in [1.29, 1.82) is 0 Å². The number of aryl methyl sites for hydroxylation is 1. The second-order valence-electron chi connectivity index (χ2n) is 17.3. The lowest BCUT2D eigenvalue weighted by molar-refractivity contribution is 0.414. The van der Waals surface area contributed by atoms with Crippen LogP contribution in [0.4, 0.5) is 0 Å². The zero-order valence-electron chi connectivity index (χ0n) is 39.8. The van der Waals surface area contributed by atoms with Crippen LogP contribution in [0.25, 0.3) is 66.8 Å². The lowest BCUT2D eigenvalue weighted by Crippen LogP contribution is -1.88. The van der Waals surface area contributed by atoms with Crippen molar-refractivity contribution >= 4 is 0 Å². The summed E-state index contributed by atoms with van der Waals surface area (Å²) in [4.78, 5) is 0. The molecule has 0 saturated carbocycles. The minimum absolute atomic E-state index is 0.821. The molecule has 0 bridgehead atoms. The molecule has 0 aliphatic rings. The molecule has 0 unspecified atom stereocenters. The Hall–Kier alpha value is -9.52. The fourth-order valence-corrected chi connectivity index (χ4v) is 8.35. The van der Waals surface area contributed by atoms with Crippen molar-refractivity contribution in [3.8, 4) is 114 Å². The molecule has 0 heterocycles. The van der Waals surface area contributed by atoms with Gasteiger partial charge >= 0.3 is 0 Å². The first-order valence-electron chi connectivity index (χ1n) is 23.6. The van der Waals surface area contributed by atoms with E-state index in [0.29, 0.717) is 0 Å². The van der Waals surface area contributed by atoms with Gasteiger partial charge in [0.05, 0.1) is 14.2 Å². The SMILES string of the molecule is COc1ccc(C#Cc2ccc(-c3ccc(-c4cc(-c5ccc(-c6ccc(C#Cc7ccc(C)cc7)cc6)cc5)cc(-c5ccc(-c6ccc(C#Cc7ccc(OC)cc7)cc6)cc5)c4)cc3)cc2)cc1. The minimum atomic E-state index is 0.821. The van der Waals surface area contributed by atoms with Crippen LogP contribution >= 0.6 is 0 Å². The molecule has 0 aliphatic heterocycles. The topological polar surface area (TPSA) is 18.5 Å². The summed E-state index contributed by atoms with van der Waals surface area (Å²) in [6.07, 6.45) is 0. The Morgan fingerprint density at radius 3 is 0.592 bits per heavy atom. The van der Waals surface area contributed by atoms with Gasteiger partial charge in [0.2, 0.25) is 0 Å². The van der Waals surface area contributed by atoms with Gasteiger partial charge in [-0.05, 0) is 189 Å². The maximum Gasteiger partial charge on any atom is 0.118 e. The fourth-order valence-electron chi connectivity index (χ4n) is 8.35. The molecule has 10 rings (SSSR count). The minimum Gasteiger partial charge on any atom is -0.497 e. The Balaban J connectivity index is 0.909. The van der Waals surface area contributed by atoms with Crippen LogP contribution in [-0.4, -0.2) is 14.2 Å².